The fraction of sp³-hybridized carbons (Fsp3) is 0.0545. The normalized spacial score (nSPS) is 12.9. The highest BCUT2D eigenvalue weighted by molar-refractivity contribution is 7.20. The van der Waals surface area contributed by atoms with Crippen LogP contribution in [0.5, 0.6) is 0 Å². The topological polar surface area (TPSA) is 3.24 Å². The number of rotatable bonds is 8. The van der Waals surface area contributed by atoms with Crippen LogP contribution in [0, 0.1) is 0 Å². The molecule has 0 N–H and O–H groups in total. The van der Waals surface area contributed by atoms with Crippen molar-refractivity contribution in [3.8, 4) is 22.3 Å². The van der Waals surface area contributed by atoms with Gasteiger partial charge in [-0.1, -0.05) is 208 Å². The molecule has 0 saturated carbocycles. The molecule has 0 aromatic heterocycles. The van der Waals surface area contributed by atoms with E-state index in [-0.39, 0.29) is 5.41 Å². The van der Waals surface area contributed by atoms with Crippen LogP contribution in [0.25, 0.3) is 33.0 Å². The van der Waals surface area contributed by atoms with Crippen molar-refractivity contribution in [1.29, 1.82) is 0 Å². The molecule has 1 aliphatic rings. The van der Waals surface area contributed by atoms with Gasteiger partial charge in [0.05, 0.1) is 5.69 Å². The van der Waals surface area contributed by atoms with Crippen molar-refractivity contribution >= 4 is 56.7 Å². The summed E-state index contributed by atoms with van der Waals surface area (Å²) in [6.07, 6.45) is 0. The van der Waals surface area contributed by atoms with E-state index in [1.54, 1.807) is 0 Å². The second-order valence-electron chi connectivity index (χ2n) is 15.7. The zero-order chi connectivity index (χ0) is 38.4. The van der Waals surface area contributed by atoms with Crippen molar-refractivity contribution in [2.75, 3.05) is 4.90 Å². The van der Waals surface area contributed by atoms with Gasteiger partial charge in [0.2, 0.25) is 0 Å². The lowest BCUT2D eigenvalue weighted by molar-refractivity contribution is 0.660. The minimum atomic E-state index is -2.81. The Labute approximate surface area is 337 Å². The summed E-state index contributed by atoms with van der Waals surface area (Å²) in [5.74, 6) is 0. The van der Waals surface area contributed by atoms with E-state index < -0.39 is 8.07 Å². The molecule has 1 nitrogen and oxygen atoms in total. The highest BCUT2D eigenvalue weighted by Gasteiger charge is 2.42. The van der Waals surface area contributed by atoms with Crippen LogP contribution in [0.2, 0.25) is 0 Å². The van der Waals surface area contributed by atoms with Crippen molar-refractivity contribution in [3.05, 3.63) is 236 Å². The summed E-state index contributed by atoms with van der Waals surface area (Å²) in [6, 6.07) is 83.4. The minimum absolute atomic E-state index is 0.122. The average molecular weight is 746 g/mol. The van der Waals surface area contributed by atoms with E-state index in [9.17, 15) is 0 Å². The number of benzene rings is 9. The first-order chi connectivity index (χ1) is 28.0. The number of hydrogen-bond donors (Lipinski definition) is 0. The summed E-state index contributed by atoms with van der Waals surface area (Å²) in [7, 11) is -2.81. The zero-order valence-electron chi connectivity index (χ0n) is 32.3. The minimum Gasteiger partial charge on any atom is -0.310 e. The lowest BCUT2D eigenvalue weighted by Gasteiger charge is -2.36. The Morgan fingerprint density at radius 1 is 0.368 bits per heavy atom. The molecule has 0 heterocycles. The fourth-order valence-electron chi connectivity index (χ4n) is 9.54. The van der Waals surface area contributed by atoms with Crippen molar-refractivity contribution < 1.29 is 0 Å². The smallest absolute Gasteiger partial charge is 0.180 e. The average Bonchev–Trinajstić information content (AvgIpc) is 3.51. The van der Waals surface area contributed by atoms with Crippen LogP contribution in [0.15, 0.2) is 224 Å². The van der Waals surface area contributed by atoms with Gasteiger partial charge < -0.3 is 4.90 Å². The van der Waals surface area contributed by atoms with E-state index in [0.29, 0.717) is 0 Å². The SMILES string of the molecule is CC1(C)c2ccccc2-c2ccc(N(c3ccc(-c4ccccc4)cc3)c3cccc4c([Si](c5ccccc5)(c5ccccc5)c5ccccc5)cccc34)cc21. The lowest BCUT2D eigenvalue weighted by Crippen LogP contribution is -2.74. The number of hydrogen-bond acceptors (Lipinski definition) is 1. The molecule has 272 valence electrons. The summed E-state index contributed by atoms with van der Waals surface area (Å²) >= 11 is 0. The largest absolute Gasteiger partial charge is 0.310 e. The van der Waals surface area contributed by atoms with Crippen LogP contribution in [0.4, 0.5) is 17.1 Å². The maximum atomic E-state index is 2.48. The van der Waals surface area contributed by atoms with Gasteiger partial charge in [0.1, 0.15) is 0 Å². The van der Waals surface area contributed by atoms with Gasteiger partial charge in [-0.3, -0.25) is 0 Å². The molecule has 0 saturated heterocycles. The van der Waals surface area contributed by atoms with Gasteiger partial charge in [-0.05, 0) is 89.8 Å². The van der Waals surface area contributed by atoms with Crippen molar-refractivity contribution in [2.45, 2.75) is 19.3 Å². The summed E-state index contributed by atoms with van der Waals surface area (Å²) in [5.41, 5.74) is 11.1. The van der Waals surface area contributed by atoms with Crippen LogP contribution >= 0.6 is 0 Å². The molecule has 0 aliphatic heterocycles. The van der Waals surface area contributed by atoms with Gasteiger partial charge in [0, 0.05) is 22.2 Å². The van der Waals surface area contributed by atoms with Crippen LogP contribution in [0.1, 0.15) is 25.0 Å². The fourth-order valence-corrected chi connectivity index (χ4v) is 14.5. The van der Waals surface area contributed by atoms with E-state index >= 15 is 0 Å². The Balaban J connectivity index is 1.23. The summed E-state index contributed by atoms with van der Waals surface area (Å²) in [5, 5.41) is 8.00. The Kier molecular flexibility index (Phi) is 8.58. The molecule has 0 fully saturated rings. The maximum absolute atomic E-state index is 2.81. The highest BCUT2D eigenvalue weighted by Crippen LogP contribution is 2.51. The molecule has 0 amide bonds. The van der Waals surface area contributed by atoms with Gasteiger partial charge >= 0.3 is 0 Å². The molecule has 2 heteroatoms. The molecule has 0 atom stereocenters. The molecular weight excluding hydrogens is 703 g/mol. The maximum Gasteiger partial charge on any atom is 0.180 e. The molecule has 0 bridgehead atoms. The Morgan fingerprint density at radius 2 is 0.860 bits per heavy atom. The summed E-state index contributed by atoms with van der Waals surface area (Å²) in [6.45, 7) is 4.73. The Morgan fingerprint density at radius 3 is 1.49 bits per heavy atom. The number of anilines is 3. The van der Waals surface area contributed by atoms with Crippen molar-refractivity contribution in [3.63, 3.8) is 0 Å². The summed E-state index contributed by atoms with van der Waals surface area (Å²) in [4.78, 5) is 2.48. The molecule has 10 rings (SSSR count). The Hall–Kier alpha value is -6.74. The molecule has 57 heavy (non-hydrogen) atoms. The zero-order valence-corrected chi connectivity index (χ0v) is 33.3. The third kappa shape index (κ3) is 5.67. The quantitative estimate of drug-likeness (QED) is 0.111. The van der Waals surface area contributed by atoms with E-state index in [0.717, 1.165) is 17.1 Å². The molecule has 0 unspecified atom stereocenters. The predicted octanol–water partition coefficient (Wildman–Crippen LogP) is 11.7. The van der Waals surface area contributed by atoms with Gasteiger partial charge in [-0.15, -0.1) is 0 Å². The predicted molar refractivity (Wildman–Crippen MR) is 245 cm³/mol. The van der Waals surface area contributed by atoms with Crippen molar-refractivity contribution in [1.82, 2.24) is 0 Å². The molecule has 9 aromatic carbocycles. The summed E-state index contributed by atoms with van der Waals surface area (Å²) < 4.78 is 0. The van der Waals surface area contributed by atoms with Crippen LogP contribution in [-0.2, 0) is 5.41 Å². The van der Waals surface area contributed by atoms with Crippen LogP contribution < -0.4 is 25.6 Å². The van der Waals surface area contributed by atoms with Gasteiger partial charge in [0.15, 0.2) is 8.07 Å². The van der Waals surface area contributed by atoms with E-state index in [1.807, 2.05) is 0 Å². The van der Waals surface area contributed by atoms with Crippen molar-refractivity contribution in [2.24, 2.45) is 0 Å². The Bertz CT molecular complexity index is 2750. The van der Waals surface area contributed by atoms with E-state index in [1.165, 1.54) is 64.9 Å². The molecule has 0 radical (unpaired) electrons. The first kappa shape index (κ1) is 34.7. The van der Waals surface area contributed by atoms with Gasteiger partial charge in [-0.2, -0.15) is 0 Å². The standard InChI is InChI=1S/C55H43NSi/c1-55(2)51-30-16-15-27-47(51)48-38-37-43(39-52(48)55)56(42-35-33-41(34-36-42)40-19-7-3-8-20-40)53-31-17-29-50-49(53)28-18-32-54(50)57(44-21-9-4-10-22-44,45-23-11-5-12-24-45)46-25-13-6-14-26-46/h3-39H,1-2H3. The highest BCUT2D eigenvalue weighted by atomic mass is 28.3. The molecule has 9 aromatic rings. The molecule has 1 aliphatic carbocycles. The number of nitrogens with zero attached hydrogens (tertiary/aromatic N) is 1. The first-order valence-corrected chi connectivity index (χ1v) is 21.9. The van der Waals surface area contributed by atoms with Gasteiger partial charge in [-0.25, -0.2) is 0 Å². The van der Waals surface area contributed by atoms with E-state index in [4.69, 9.17) is 0 Å². The third-order valence-electron chi connectivity index (χ3n) is 12.2. The second-order valence-corrected chi connectivity index (χ2v) is 19.4. The molecular formula is C55H43NSi. The van der Waals surface area contributed by atoms with Crippen LogP contribution in [-0.4, -0.2) is 8.07 Å². The molecule has 0 spiro atoms. The van der Waals surface area contributed by atoms with E-state index in [2.05, 4.69) is 243 Å². The van der Waals surface area contributed by atoms with Gasteiger partial charge in [0.25, 0.3) is 0 Å². The van der Waals surface area contributed by atoms with Crippen LogP contribution in [0.3, 0.4) is 0 Å². The monoisotopic (exact) mass is 745 g/mol. The second kappa shape index (κ2) is 14.1. The lowest BCUT2D eigenvalue weighted by atomic mass is 9.82. The number of fused-ring (bicyclic) bond motifs is 4. The first-order valence-electron chi connectivity index (χ1n) is 19.9. The third-order valence-corrected chi connectivity index (χ3v) is 17.1.